The maximum absolute atomic E-state index is 6.42. The predicted molar refractivity (Wildman–Crippen MR) is 282 cm³/mol. The van der Waals surface area contributed by atoms with Gasteiger partial charge in [0.2, 0.25) is 0 Å². The van der Waals surface area contributed by atoms with Gasteiger partial charge in [0.05, 0.1) is 25.4 Å². The van der Waals surface area contributed by atoms with Crippen LogP contribution in [0.2, 0.25) is 0 Å². The number of benzene rings is 1. The van der Waals surface area contributed by atoms with Crippen molar-refractivity contribution in [1.29, 1.82) is 0 Å². The number of unbranched alkanes of at least 4 members (excludes halogenated alkanes) is 32. The largest absolute Gasteiger partial charge is 0.427 e. The lowest BCUT2D eigenvalue weighted by Gasteiger charge is -2.18. The van der Waals surface area contributed by atoms with Gasteiger partial charge in [0.15, 0.2) is 0 Å². The second-order valence-corrected chi connectivity index (χ2v) is 20.6. The van der Waals surface area contributed by atoms with Gasteiger partial charge in [-0.3, -0.25) is 0 Å². The zero-order valence-corrected chi connectivity index (χ0v) is 44.5. The smallest absolute Gasteiger partial charge is 0.397 e. The van der Waals surface area contributed by atoms with Gasteiger partial charge in [-0.2, -0.15) is 0 Å². The fraction of sp³-hybridized carbons (Fsp3) is 0.897. The summed E-state index contributed by atoms with van der Waals surface area (Å²) in [6, 6.07) is 10.0. The third kappa shape index (κ3) is 43.8. The molecule has 0 fully saturated rings. The summed E-state index contributed by atoms with van der Waals surface area (Å²) in [4.78, 5) is 0. The van der Waals surface area contributed by atoms with Crippen LogP contribution in [-0.4, -0.2) is 38.6 Å². The minimum Gasteiger partial charge on any atom is -0.427 e. The van der Waals surface area contributed by atoms with Crippen molar-refractivity contribution in [2.45, 2.75) is 310 Å². The van der Waals surface area contributed by atoms with Gasteiger partial charge in [-0.1, -0.05) is 264 Å². The van der Waals surface area contributed by atoms with E-state index in [1.54, 1.807) is 0 Å². The van der Waals surface area contributed by atoms with E-state index in [0.29, 0.717) is 25.4 Å². The van der Waals surface area contributed by atoms with E-state index in [1.165, 1.54) is 257 Å². The molecule has 0 radical (unpaired) electrons. The van der Waals surface area contributed by atoms with E-state index in [4.69, 9.17) is 23.0 Å². The fourth-order valence-corrected chi connectivity index (χ4v) is 9.85. The summed E-state index contributed by atoms with van der Waals surface area (Å²) >= 11 is 0. The molecule has 1 aromatic carbocycles. The topological polar surface area (TPSA) is 46.2 Å². The van der Waals surface area contributed by atoms with Crippen LogP contribution in [0.5, 0.6) is 5.75 Å². The minimum atomic E-state index is -1.38. The Morgan fingerprint density at radius 3 is 0.938 bits per heavy atom. The Hall–Kier alpha value is -0.710. The second kappa shape index (κ2) is 51.7. The summed E-state index contributed by atoms with van der Waals surface area (Å²) in [5.74, 6) is 0.827. The van der Waals surface area contributed by atoms with E-state index in [1.807, 2.05) is 30.3 Å². The van der Waals surface area contributed by atoms with Gasteiger partial charge in [0.25, 0.3) is 0 Å². The molecule has 0 aromatic heterocycles. The van der Waals surface area contributed by atoms with Gasteiger partial charge in [0.1, 0.15) is 5.75 Å². The Bertz CT molecular complexity index is 938. The number of hydrogen-bond acceptors (Lipinski definition) is 5. The molecule has 5 nitrogen and oxygen atoms in total. The van der Waals surface area contributed by atoms with E-state index < -0.39 is 8.60 Å². The quantitative estimate of drug-likeness (QED) is 0.0481. The van der Waals surface area contributed by atoms with E-state index >= 15 is 0 Å². The molecule has 0 aliphatic carbocycles. The summed E-state index contributed by atoms with van der Waals surface area (Å²) in [6.45, 7) is 12.5. The van der Waals surface area contributed by atoms with Crippen LogP contribution >= 0.6 is 8.60 Å². The highest BCUT2D eigenvalue weighted by Gasteiger charge is 2.15. The molecule has 1 aromatic rings. The van der Waals surface area contributed by atoms with Crippen molar-refractivity contribution in [2.75, 3.05) is 26.4 Å². The first-order valence-corrected chi connectivity index (χ1v) is 29.8. The van der Waals surface area contributed by atoms with Crippen molar-refractivity contribution in [3.63, 3.8) is 0 Å². The van der Waals surface area contributed by atoms with E-state index in [-0.39, 0.29) is 0 Å². The highest BCUT2D eigenvalue weighted by atomic mass is 31.2. The van der Waals surface area contributed by atoms with Crippen molar-refractivity contribution >= 4 is 8.60 Å². The molecule has 0 aliphatic heterocycles. The van der Waals surface area contributed by atoms with Gasteiger partial charge < -0.3 is 23.0 Å². The molecular formula is C58H111O5P. The van der Waals surface area contributed by atoms with E-state index in [9.17, 15) is 0 Å². The van der Waals surface area contributed by atoms with Crippen LogP contribution < -0.4 is 4.52 Å². The van der Waals surface area contributed by atoms with Crippen molar-refractivity contribution < 1.29 is 23.0 Å². The molecule has 0 amide bonds. The third-order valence-corrected chi connectivity index (χ3v) is 14.3. The Kier molecular flexibility index (Phi) is 49.5. The zero-order valence-electron chi connectivity index (χ0n) is 43.6. The van der Waals surface area contributed by atoms with Gasteiger partial charge >= 0.3 is 8.60 Å². The Labute approximate surface area is 402 Å². The second-order valence-electron chi connectivity index (χ2n) is 19.5. The normalized spacial score (nSPS) is 13.1. The zero-order chi connectivity index (χ0) is 45.9. The molecule has 0 heterocycles. The molecule has 0 bridgehead atoms. The molecule has 2 atom stereocenters. The van der Waals surface area contributed by atoms with Crippen LogP contribution in [0.25, 0.3) is 0 Å². The molecule has 6 heteroatoms. The average molecular weight is 919 g/mol. The van der Waals surface area contributed by atoms with Crippen molar-refractivity contribution in [3.05, 3.63) is 30.3 Å². The van der Waals surface area contributed by atoms with Crippen molar-refractivity contribution in [1.82, 2.24) is 0 Å². The highest BCUT2D eigenvalue weighted by Crippen LogP contribution is 2.41. The molecule has 0 saturated carbocycles. The molecule has 378 valence electrons. The first-order chi connectivity index (χ1) is 31.7. The van der Waals surface area contributed by atoms with Crippen LogP contribution in [0.15, 0.2) is 30.3 Å². The molecule has 2 unspecified atom stereocenters. The fourth-order valence-electron chi connectivity index (χ4n) is 8.82. The Balaban J connectivity index is 2.14. The predicted octanol–water partition coefficient (Wildman–Crippen LogP) is 20.6. The standard InChI is InChI=1S/C58H111O5P/c1-5-9-13-15-17-19-21-23-27-33-42-52-59-56(46-11-7-3)48-38-31-25-29-35-44-54-61-64(63-58-50-40-37-41-51-58)62-55-45-36-30-26-32-39-49-57(47-12-8-4)60-53-43-34-28-24-22-20-18-16-14-10-6-2/h37,40-41,50-51,56-57H,5-36,38-39,42-49,52-55H2,1-4H3. The Morgan fingerprint density at radius 2 is 0.594 bits per heavy atom. The van der Waals surface area contributed by atoms with E-state index in [2.05, 4.69) is 27.7 Å². The lowest BCUT2D eigenvalue weighted by molar-refractivity contribution is 0.0359. The average Bonchev–Trinajstić information content (AvgIpc) is 3.31. The van der Waals surface area contributed by atoms with Gasteiger partial charge in [0, 0.05) is 13.2 Å². The summed E-state index contributed by atoms with van der Waals surface area (Å²) < 4.78 is 31.4. The molecule has 0 N–H and O–H groups in total. The number of para-hydroxylation sites is 1. The molecule has 0 spiro atoms. The molecule has 0 saturated heterocycles. The van der Waals surface area contributed by atoms with Crippen LogP contribution in [0.1, 0.15) is 297 Å². The number of rotatable bonds is 54. The molecule has 1 rings (SSSR count). The number of hydrogen-bond donors (Lipinski definition) is 0. The summed E-state index contributed by atoms with van der Waals surface area (Å²) in [7, 11) is -1.38. The lowest BCUT2D eigenvalue weighted by Crippen LogP contribution is -2.14. The Morgan fingerprint density at radius 1 is 0.312 bits per heavy atom. The van der Waals surface area contributed by atoms with Gasteiger partial charge in [-0.05, 0) is 63.5 Å². The van der Waals surface area contributed by atoms with E-state index in [0.717, 1.165) is 31.8 Å². The molecular weight excluding hydrogens is 808 g/mol. The maximum atomic E-state index is 6.42. The van der Waals surface area contributed by atoms with Gasteiger partial charge in [-0.15, -0.1) is 0 Å². The third-order valence-electron chi connectivity index (χ3n) is 13.1. The lowest BCUT2D eigenvalue weighted by atomic mass is 10.0. The highest BCUT2D eigenvalue weighted by molar-refractivity contribution is 7.42. The first kappa shape index (κ1) is 61.3. The van der Waals surface area contributed by atoms with Gasteiger partial charge in [-0.25, -0.2) is 0 Å². The first-order valence-electron chi connectivity index (χ1n) is 28.8. The summed E-state index contributed by atoms with van der Waals surface area (Å²) in [5.41, 5.74) is 0. The maximum Gasteiger partial charge on any atom is 0.397 e. The van der Waals surface area contributed by atoms with Crippen molar-refractivity contribution in [2.24, 2.45) is 0 Å². The monoisotopic (exact) mass is 919 g/mol. The SMILES string of the molecule is CCCCCCCCCCCCCOC(CCCC)CCCCCCCCOP(OCCCCCCCCC(CCCC)OCCCCCCCCCCCCC)Oc1ccccc1. The number of ether oxygens (including phenoxy) is 2. The van der Waals surface area contributed by atoms with Crippen LogP contribution in [0.3, 0.4) is 0 Å². The van der Waals surface area contributed by atoms with Crippen LogP contribution in [0.4, 0.5) is 0 Å². The van der Waals surface area contributed by atoms with Crippen molar-refractivity contribution in [3.8, 4) is 5.75 Å². The summed E-state index contributed by atoms with van der Waals surface area (Å²) in [6.07, 6.45) is 56.5. The summed E-state index contributed by atoms with van der Waals surface area (Å²) in [5, 5.41) is 0. The van der Waals surface area contributed by atoms with Crippen LogP contribution in [0, 0.1) is 0 Å². The minimum absolute atomic E-state index is 0.465. The molecule has 64 heavy (non-hydrogen) atoms. The van der Waals surface area contributed by atoms with Crippen LogP contribution in [-0.2, 0) is 18.5 Å². The molecule has 0 aliphatic rings.